The Morgan fingerprint density at radius 3 is 2.26 bits per heavy atom. The highest BCUT2D eigenvalue weighted by Gasteiger charge is 2.28. The maximum absolute atomic E-state index is 13.4. The third kappa shape index (κ3) is 8.32. The van der Waals surface area contributed by atoms with Gasteiger partial charge in [-0.25, -0.2) is 0 Å². The first-order valence-corrected chi connectivity index (χ1v) is 12.9. The van der Waals surface area contributed by atoms with E-state index in [2.05, 4.69) is 57.3 Å². The third-order valence-electron chi connectivity index (χ3n) is 6.02. The Balaban J connectivity index is 2.20. The number of carbonyl (C=O) groups is 2. The number of nitrogens with one attached hydrogen (secondary N) is 1. The summed E-state index contributed by atoms with van der Waals surface area (Å²) in [5, 5.41) is 4.01. The minimum Gasteiger partial charge on any atom is -0.354 e. The number of halogens is 2. The van der Waals surface area contributed by atoms with Gasteiger partial charge >= 0.3 is 0 Å². The summed E-state index contributed by atoms with van der Waals surface area (Å²) in [6.45, 7) is 11.4. The number of amides is 2. The van der Waals surface area contributed by atoms with Gasteiger partial charge in [-0.05, 0) is 53.5 Å². The average Bonchev–Trinajstić information content (AvgIpc) is 2.78. The van der Waals surface area contributed by atoms with Crippen LogP contribution in [0.5, 0.6) is 0 Å². The van der Waals surface area contributed by atoms with E-state index in [1.54, 1.807) is 17.0 Å². The zero-order valence-electron chi connectivity index (χ0n) is 21.1. The van der Waals surface area contributed by atoms with Crippen molar-refractivity contribution < 1.29 is 9.59 Å². The van der Waals surface area contributed by atoms with Gasteiger partial charge in [-0.15, -0.1) is 0 Å². The molecule has 0 aromatic heterocycles. The molecular weight excluding hydrogens is 467 g/mol. The fraction of sp³-hybridized carbons (Fsp3) is 0.500. The number of hydrogen-bond donors (Lipinski definition) is 1. The van der Waals surface area contributed by atoms with Gasteiger partial charge in [0.1, 0.15) is 6.04 Å². The normalized spacial score (nSPS) is 12.3. The Bertz CT molecular complexity index is 952. The van der Waals surface area contributed by atoms with Crippen molar-refractivity contribution in [1.29, 1.82) is 0 Å². The lowest BCUT2D eigenvalue weighted by Crippen LogP contribution is -2.49. The first kappa shape index (κ1) is 28.2. The highest BCUT2D eigenvalue weighted by Crippen LogP contribution is 2.25. The molecule has 0 radical (unpaired) electrons. The minimum absolute atomic E-state index is 0.0663. The largest absolute Gasteiger partial charge is 0.354 e. The summed E-state index contributed by atoms with van der Waals surface area (Å²) in [6.07, 6.45) is 3.35. The maximum atomic E-state index is 13.4. The van der Waals surface area contributed by atoms with Crippen LogP contribution in [0.25, 0.3) is 0 Å². The standard InChI is InChI=1S/C28H38Cl2N2O2/c1-6-8-17-31-27(34)25(7-2)32(19-21-12-15-23(29)18-24(21)30)26(33)16-11-20-9-13-22(14-10-20)28(3,4)5/h9-10,12-15,18,25H,6-8,11,16-17,19H2,1-5H3,(H,31,34). The average molecular weight is 506 g/mol. The van der Waals surface area contributed by atoms with Crippen LogP contribution in [-0.4, -0.2) is 29.3 Å². The molecular formula is C28H38Cl2N2O2. The summed E-state index contributed by atoms with van der Waals surface area (Å²) in [5.41, 5.74) is 3.22. The van der Waals surface area contributed by atoms with Crippen molar-refractivity contribution >= 4 is 35.0 Å². The summed E-state index contributed by atoms with van der Waals surface area (Å²) < 4.78 is 0. The molecule has 2 amide bonds. The molecule has 4 nitrogen and oxygen atoms in total. The summed E-state index contributed by atoms with van der Waals surface area (Å²) in [4.78, 5) is 28.1. The molecule has 2 aromatic carbocycles. The highest BCUT2D eigenvalue weighted by atomic mass is 35.5. The molecule has 1 N–H and O–H groups in total. The number of hydrogen-bond acceptors (Lipinski definition) is 2. The second-order valence-corrected chi connectivity index (χ2v) is 10.6. The molecule has 0 aliphatic carbocycles. The van der Waals surface area contributed by atoms with Gasteiger partial charge in [-0.3, -0.25) is 9.59 Å². The third-order valence-corrected chi connectivity index (χ3v) is 6.61. The quantitative estimate of drug-likeness (QED) is 0.336. The molecule has 0 spiro atoms. The number of benzene rings is 2. The van der Waals surface area contributed by atoms with Crippen molar-refractivity contribution in [2.75, 3.05) is 6.54 Å². The monoisotopic (exact) mass is 504 g/mol. The molecule has 0 aliphatic rings. The van der Waals surface area contributed by atoms with E-state index in [1.807, 2.05) is 13.0 Å². The van der Waals surface area contributed by atoms with Crippen molar-refractivity contribution in [3.63, 3.8) is 0 Å². The predicted molar refractivity (Wildman–Crippen MR) is 142 cm³/mol. The summed E-state index contributed by atoms with van der Waals surface area (Å²) >= 11 is 12.5. The lowest BCUT2D eigenvalue weighted by Gasteiger charge is -2.31. The summed E-state index contributed by atoms with van der Waals surface area (Å²) in [6, 6.07) is 13.1. The van der Waals surface area contributed by atoms with E-state index >= 15 is 0 Å². The zero-order valence-corrected chi connectivity index (χ0v) is 22.6. The van der Waals surface area contributed by atoms with Crippen molar-refractivity contribution in [2.45, 2.75) is 84.7 Å². The Hall–Kier alpha value is -2.04. The number of unbranched alkanes of at least 4 members (excludes halogenated alkanes) is 1. The second-order valence-electron chi connectivity index (χ2n) is 9.77. The molecule has 34 heavy (non-hydrogen) atoms. The Morgan fingerprint density at radius 2 is 1.71 bits per heavy atom. The molecule has 0 bridgehead atoms. The minimum atomic E-state index is -0.556. The van der Waals surface area contributed by atoms with E-state index in [0.717, 1.165) is 24.0 Å². The van der Waals surface area contributed by atoms with Crippen LogP contribution in [0.3, 0.4) is 0 Å². The van der Waals surface area contributed by atoms with E-state index in [-0.39, 0.29) is 23.8 Å². The van der Waals surface area contributed by atoms with Crippen LogP contribution in [0.15, 0.2) is 42.5 Å². The van der Waals surface area contributed by atoms with Crippen molar-refractivity contribution in [2.24, 2.45) is 0 Å². The molecule has 2 rings (SSSR count). The molecule has 0 saturated carbocycles. The van der Waals surface area contributed by atoms with E-state index in [4.69, 9.17) is 23.2 Å². The first-order chi connectivity index (χ1) is 16.1. The zero-order chi connectivity index (χ0) is 25.3. The van der Waals surface area contributed by atoms with Gasteiger partial charge < -0.3 is 10.2 Å². The topological polar surface area (TPSA) is 49.4 Å². The number of nitrogens with zero attached hydrogens (tertiary/aromatic N) is 1. The number of aryl methyl sites for hydroxylation is 1. The van der Waals surface area contributed by atoms with Crippen molar-refractivity contribution in [3.05, 3.63) is 69.2 Å². The Kier molecular flexibility index (Phi) is 10.9. The molecule has 0 heterocycles. The molecule has 6 heteroatoms. The van der Waals surface area contributed by atoms with Gasteiger partial charge in [0.05, 0.1) is 0 Å². The van der Waals surface area contributed by atoms with E-state index < -0.39 is 6.04 Å². The smallest absolute Gasteiger partial charge is 0.242 e. The van der Waals surface area contributed by atoms with Crippen molar-refractivity contribution in [1.82, 2.24) is 10.2 Å². The second kappa shape index (κ2) is 13.2. The number of carbonyl (C=O) groups excluding carboxylic acids is 2. The highest BCUT2D eigenvalue weighted by molar-refractivity contribution is 6.35. The van der Waals surface area contributed by atoms with Crippen LogP contribution in [0.4, 0.5) is 0 Å². The first-order valence-electron chi connectivity index (χ1n) is 12.2. The predicted octanol–water partition coefficient (Wildman–Crippen LogP) is 6.95. The lowest BCUT2D eigenvalue weighted by molar-refractivity contribution is -0.141. The lowest BCUT2D eigenvalue weighted by atomic mass is 9.86. The van der Waals surface area contributed by atoms with Crippen LogP contribution >= 0.6 is 23.2 Å². The molecule has 0 fully saturated rings. The Morgan fingerprint density at radius 1 is 1.03 bits per heavy atom. The molecule has 0 aliphatic heterocycles. The van der Waals surface area contributed by atoms with E-state index in [9.17, 15) is 9.59 Å². The van der Waals surface area contributed by atoms with Gasteiger partial charge in [-0.2, -0.15) is 0 Å². The van der Waals surface area contributed by atoms with Gasteiger partial charge in [0, 0.05) is 29.6 Å². The molecule has 2 aromatic rings. The maximum Gasteiger partial charge on any atom is 0.242 e. The van der Waals surface area contributed by atoms with Crippen LogP contribution in [0.2, 0.25) is 10.0 Å². The molecule has 186 valence electrons. The van der Waals surface area contributed by atoms with Crippen LogP contribution in [-0.2, 0) is 28.0 Å². The van der Waals surface area contributed by atoms with E-state index in [1.165, 1.54) is 5.56 Å². The summed E-state index contributed by atoms with van der Waals surface area (Å²) in [7, 11) is 0. The van der Waals surface area contributed by atoms with Gasteiger partial charge in [0.2, 0.25) is 11.8 Å². The molecule has 1 unspecified atom stereocenters. The number of rotatable bonds is 11. The van der Waals surface area contributed by atoms with Gasteiger partial charge in [0.25, 0.3) is 0 Å². The van der Waals surface area contributed by atoms with Crippen LogP contribution in [0.1, 0.15) is 77.0 Å². The summed E-state index contributed by atoms with van der Waals surface area (Å²) in [5.74, 6) is -0.188. The van der Waals surface area contributed by atoms with Gasteiger partial charge in [-0.1, -0.05) is 94.6 Å². The van der Waals surface area contributed by atoms with E-state index in [0.29, 0.717) is 35.9 Å². The molecule has 0 saturated heterocycles. The Labute approximate surface area is 215 Å². The fourth-order valence-corrected chi connectivity index (χ4v) is 4.29. The van der Waals surface area contributed by atoms with Gasteiger partial charge in [0.15, 0.2) is 0 Å². The van der Waals surface area contributed by atoms with Crippen LogP contribution in [0, 0.1) is 0 Å². The SMILES string of the molecule is CCCCNC(=O)C(CC)N(Cc1ccc(Cl)cc1Cl)C(=O)CCc1ccc(C(C)(C)C)cc1. The molecule has 1 atom stereocenters. The fourth-order valence-electron chi connectivity index (χ4n) is 3.83. The van der Waals surface area contributed by atoms with Crippen LogP contribution < -0.4 is 5.32 Å². The van der Waals surface area contributed by atoms with Crippen molar-refractivity contribution in [3.8, 4) is 0 Å².